The van der Waals surface area contributed by atoms with Crippen LogP contribution in [0.5, 0.6) is 0 Å². The molecule has 1 aliphatic rings. The van der Waals surface area contributed by atoms with Gasteiger partial charge in [0, 0.05) is 6.54 Å². The maximum atomic E-state index is 11.0. The molecule has 6 heteroatoms. The lowest BCUT2D eigenvalue weighted by Gasteiger charge is -2.29. The number of carbonyl (C=O) groups is 1. The smallest absolute Gasteiger partial charge is 0.320 e. The minimum atomic E-state index is -0.759. The third-order valence-electron chi connectivity index (χ3n) is 2.62. The van der Waals surface area contributed by atoms with Crippen LogP contribution in [-0.2, 0) is 4.79 Å². The summed E-state index contributed by atoms with van der Waals surface area (Å²) in [5, 5.41) is 11.9. The first-order valence-corrected chi connectivity index (χ1v) is 6.14. The quantitative estimate of drug-likeness (QED) is 0.706. The highest BCUT2D eigenvalue weighted by molar-refractivity contribution is 7.99. The molecule has 86 valence electrons. The maximum absolute atomic E-state index is 11.0. The molecule has 0 aromatic heterocycles. The van der Waals surface area contributed by atoms with E-state index in [1.165, 1.54) is 11.8 Å². The van der Waals surface area contributed by atoms with Crippen molar-refractivity contribution in [2.75, 3.05) is 12.4 Å². The Morgan fingerprint density at radius 2 is 2.47 bits per heavy atom. The summed E-state index contributed by atoms with van der Waals surface area (Å²) < 4.78 is 0. The fourth-order valence-electron chi connectivity index (χ4n) is 1.96. The predicted molar refractivity (Wildman–Crippen MR) is 59.7 cm³/mol. The van der Waals surface area contributed by atoms with Gasteiger partial charge in [-0.1, -0.05) is 12.1 Å². The third-order valence-corrected chi connectivity index (χ3v) is 3.86. The first-order chi connectivity index (χ1) is 7.20. The van der Waals surface area contributed by atoms with Gasteiger partial charge in [0.1, 0.15) is 11.9 Å². The van der Waals surface area contributed by atoms with Crippen molar-refractivity contribution in [3.05, 3.63) is 4.91 Å². The monoisotopic (exact) mass is 232 g/mol. The molecule has 0 radical (unpaired) electrons. The highest BCUT2D eigenvalue weighted by Gasteiger charge is 2.34. The summed E-state index contributed by atoms with van der Waals surface area (Å²) in [7, 11) is 0. The molecule has 15 heavy (non-hydrogen) atoms. The molecule has 1 heterocycles. The standard InChI is InChI=1S/C9H16N2O3S/c1-2-8(15-6-10-14)11-5-3-4-7(11)9(12)13/h7-8H,2-6H2,1H3,(H,12,13). The Labute approximate surface area is 93.2 Å². The first kappa shape index (κ1) is 12.4. The van der Waals surface area contributed by atoms with E-state index in [4.69, 9.17) is 5.11 Å². The van der Waals surface area contributed by atoms with Crippen LogP contribution in [0.2, 0.25) is 0 Å². The minimum Gasteiger partial charge on any atom is -0.480 e. The molecule has 0 spiro atoms. The number of rotatable bonds is 6. The zero-order chi connectivity index (χ0) is 11.3. The average Bonchev–Trinajstić information content (AvgIpc) is 2.68. The van der Waals surface area contributed by atoms with Gasteiger partial charge in [0.15, 0.2) is 0 Å². The number of hydrogen-bond donors (Lipinski definition) is 1. The number of carboxylic acid groups (broad SMARTS) is 1. The molecule has 1 rings (SSSR count). The van der Waals surface area contributed by atoms with E-state index < -0.39 is 5.97 Å². The van der Waals surface area contributed by atoms with E-state index in [2.05, 4.69) is 5.18 Å². The number of nitrogens with zero attached hydrogens (tertiary/aromatic N) is 2. The number of thioether (sulfide) groups is 1. The Balaban J connectivity index is 2.57. The van der Waals surface area contributed by atoms with Crippen molar-refractivity contribution in [3.63, 3.8) is 0 Å². The SMILES string of the molecule is CCC(SCN=O)N1CCCC1C(=O)O. The molecule has 0 saturated carbocycles. The largest absolute Gasteiger partial charge is 0.480 e. The summed E-state index contributed by atoms with van der Waals surface area (Å²) in [5.41, 5.74) is 0. The molecule has 0 amide bonds. The van der Waals surface area contributed by atoms with Crippen LogP contribution in [0.4, 0.5) is 0 Å². The van der Waals surface area contributed by atoms with E-state index in [0.29, 0.717) is 6.42 Å². The second kappa shape index (κ2) is 6.07. The predicted octanol–water partition coefficient (Wildman–Crippen LogP) is 1.73. The van der Waals surface area contributed by atoms with E-state index in [1.807, 2.05) is 11.8 Å². The Bertz CT molecular complexity index is 237. The van der Waals surface area contributed by atoms with Crippen molar-refractivity contribution in [2.45, 2.75) is 37.6 Å². The van der Waals surface area contributed by atoms with Crippen LogP contribution in [-0.4, -0.2) is 39.8 Å². The molecule has 0 aliphatic carbocycles. The second-order valence-electron chi connectivity index (χ2n) is 3.52. The summed E-state index contributed by atoms with van der Waals surface area (Å²) in [5.74, 6) is -0.563. The summed E-state index contributed by atoms with van der Waals surface area (Å²) in [6.45, 7) is 2.81. The number of carboxylic acids is 1. The summed E-state index contributed by atoms with van der Waals surface area (Å²) >= 11 is 1.42. The Kier molecular flexibility index (Phi) is 5.04. The van der Waals surface area contributed by atoms with E-state index in [0.717, 1.165) is 19.4 Å². The van der Waals surface area contributed by atoms with Gasteiger partial charge in [-0.05, 0) is 19.3 Å². The van der Waals surface area contributed by atoms with Gasteiger partial charge in [0.25, 0.3) is 0 Å². The molecule has 0 aromatic carbocycles. The Morgan fingerprint density at radius 1 is 1.73 bits per heavy atom. The van der Waals surface area contributed by atoms with Crippen molar-refractivity contribution in [1.82, 2.24) is 4.90 Å². The lowest BCUT2D eigenvalue weighted by Crippen LogP contribution is -2.41. The van der Waals surface area contributed by atoms with Crippen molar-refractivity contribution in [1.29, 1.82) is 0 Å². The molecule has 1 fully saturated rings. The molecule has 1 saturated heterocycles. The summed E-state index contributed by atoms with van der Waals surface area (Å²) in [6, 6.07) is -0.380. The van der Waals surface area contributed by atoms with Gasteiger partial charge in [-0.3, -0.25) is 9.69 Å². The van der Waals surface area contributed by atoms with Gasteiger partial charge in [-0.2, -0.15) is 0 Å². The van der Waals surface area contributed by atoms with E-state index in [1.54, 1.807) is 0 Å². The van der Waals surface area contributed by atoms with Crippen LogP contribution in [0.15, 0.2) is 5.18 Å². The van der Waals surface area contributed by atoms with Crippen LogP contribution >= 0.6 is 11.8 Å². The van der Waals surface area contributed by atoms with Crippen molar-refractivity contribution >= 4 is 17.7 Å². The van der Waals surface area contributed by atoms with Gasteiger partial charge in [0.2, 0.25) is 0 Å². The third kappa shape index (κ3) is 3.17. The minimum absolute atomic E-state index is 0.103. The van der Waals surface area contributed by atoms with Gasteiger partial charge in [-0.15, -0.1) is 16.7 Å². The van der Waals surface area contributed by atoms with Crippen LogP contribution < -0.4 is 0 Å². The van der Waals surface area contributed by atoms with Gasteiger partial charge < -0.3 is 5.11 Å². The number of likely N-dealkylation sites (tertiary alicyclic amines) is 1. The molecule has 2 unspecified atom stereocenters. The Morgan fingerprint density at radius 3 is 3.00 bits per heavy atom. The van der Waals surface area contributed by atoms with Crippen molar-refractivity contribution in [3.8, 4) is 0 Å². The van der Waals surface area contributed by atoms with Gasteiger partial charge in [0.05, 0.1) is 5.37 Å². The number of nitroso groups, excluding NO2 is 1. The molecule has 0 bridgehead atoms. The highest BCUT2D eigenvalue weighted by Crippen LogP contribution is 2.28. The molecule has 1 aliphatic heterocycles. The normalized spacial score (nSPS) is 23.9. The second-order valence-corrected chi connectivity index (χ2v) is 4.66. The molecule has 0 aromatic rings. The van der Waals surface area contributed by atoms with E-state index in [9.17, 15) is 9.70 Å². The molecule has 2 atom stereocenters. The molecular formula is C9H16N2O3S. The first-order valence-electron chi connectivity index (χ1n) is 5.10. The Hall–Kier alpha value is -0.620. The maximum Gasteiger partial charge on any atom is 0.320 e. The highest BCUT2D eigenvalue weighted by atomic mass is 32.2. The van der Waals surface area contributed by atoms with Crippen molar-refractivity contribution < 1.29 is 9.90 Å². The lowest BCUT2D eigenvalue weighted by atomic mass is 10.2. The van der Waals surface area contributed by atoms with Gasteiger partial charge in [-0.25, -0.2) is 0 Å². The fraction of sp³-hybridized carbons (Fsp3) is 0.889. The van der Waals surface area contributed by atoms with Crippen LogP contribution in [0.1, 0.15) is 26.2 Å². The molecule has 1 N–H and O–H groups in total. The van der Waals surface area contributed by atoms with Gasteiger partial charge >= 0.3 is 5.97 Å². The summed E-state index contributed by atoms with van der Waals surface area (Å²) in [4.78, 5) is 23.0. The molecular weight excluding hydrogens is 216 g/mol. The van der Waals surface area contributed by atoms with E-state index in [-0.39, 0.29) is 17.3 Å². The fourth-order valence-corrected chi connectivity index (χ4v) is 2.88. The van der Waals surface area contributed by atoms with Crippen molar-refractivity contribution in [2.24, 2.45) is 5.18 Å². The molecule has 5 nitrogen and oxygen atoms in total. The number of aliphatic carboxylic acids is 1. The zero-order valence-electron chi connectivity index (χ0n) is 8.76. The van der Waals surface area contributed by atoms with E-state index >= 15 is 0 Å². The van der Waals surface area contributed by atoms with Crippen LogP contribution in [0.3, 0.4) is 0 Å². The van der Waals surface area contributed by atoms with Crippen LogP contribution in [0, 0.1) is 4.91 Å². The van der Waals surface area contributed by atoms with Crippen LogP contribution in [0.25, 0.3) is 0 Å². The average molecular weight is 232 g/mol. The zero-order valence-corrected chi connectivity index (χ0v) is 9.57. The topological polar surface area (TPSA) is 70.0 Å². The lowest BCUT2D eigenvalue weighted by molar-refractivity contribution is -0.142. The number of hydrogen-bond acceptors (Lipinski definition) is 5. The summed E-state index contributed by atoms with van der Waals surface area (Å²) in [6.07, 6.45) is 2.47.